The molecule has 5 nitrogen and oxygen atoms in total. The molecule has 128 valence electrons. The molecule has 1 aromatic carbocycles. The molecule has 2 rings (SSSR count). The van der Waals surface area contributed by atoms with E-state index in [1.807, 2.05) is 45.0 Å². The number of carbonyl (C=O) groups is 1. The van der Waals surface area contributed by atoms with Crippen molar-refractivity contribution < 1.29 is 19.4 Å². The average molecular weight is 321 g/mol. The predicted octanol–water partition coefficient (Wildman–Crippen LogP) is 3.30. The normalized spacial score (nSPS) is 22.4. The second-order valence-corrected chi connectivity index (χ2v) is 7.08. The van der Waals surface area contributed by atoms with Gasteiger partial charge in [0.15, 0.2) is 0 Å². The molecular weight excluding hydrogens is 294 g/mol. The summed E-state index contributed by atoms with van der Waals surface area (Å²) in [5.41, 5.74) is -0.611. The van der Waals surface area contributed by atoms with Gasteiger partial charge >= 0.3 is 6.09 Å². The largest absolute Gasteiger partial charge is 0.497 e. The van der Waals surface area contributed by atoms with Gasteiger partial charge in [-0.25, -0.2) is 4.79 Å². The van der Waals surface area contributed by atoms with Crippen LogP contribution in [0.3, 0.4) is 0 Å². The first-order valence-electron chi connectivity index (χ1n) is 8.08. The minimum Gasteiger partial charge on any atom is -0.497 e. The summed E-state index contributed by atoms with van der Waals surface area (Å²) in [7, 11) is 1.61. The number of amides is 1. The fourth-order valence-corrected chi connectivity index (χ4v) is 2.83. The minimum atomic E-state index is -0.939. The van der Waals surface area contributed by atoms with Crippen molar-refractivity contribution in [3.05, 3.63) is 29.8 Å². The van der Waals surface area contributed by atoms with Crippen LogP contribution in [0.15, 0.2) is 24.3 Å². The lowest BCUT2D eigenvalue weighted by Gasteiger charge is -2.28. The van der Waals surface area contributed by atoms with Crippen LogP contribution in [0, 0.1) is 0 Å². The molecule has 1 atom stereocenters. The molecule has 0 aliphatic carbocycles. The summed E-state index contributed by atoms with van der Waals surface area (Å²) in [6, 6.07) is 7.51. The van der Waals surface area contributed by atoms with E-state index in [9.17, 15) is 9.90 Å². The van der Waals surface area contributed by atoms with E-state index in [0.717, 1.165) is 17.7 Å². The lowest BCUT2D eigenvalue weighted by molar-refractivity contribution is 0.0127. The van der Waals surface area contributed by atoms with Crippen molar-refractivity contribution in [1.82, 2.24) is 4.90 Å². The van der Waals surface area contributed by atoms with Gasteiger partial charge in [-0.05, 0) is 57.7 Å². The molecule has 1 aromatic rings. The quantitative estimate of drug-likeness (QED) is 0.908. The number of rotatable bonds is 2. The first-order chi connectivity index (χ1) is 10.7. The van der Waals surface area contributed by atoms with Gasteiger partial charge in [0.2, 0.25) is 0 Å². The molecule has 1 unspecified atom stereocenters. The Hall–Kier alpha value is -1.75. The van der Waals surface area contributed by atoms with Crippen LogP contribution in [-0.2, 0) is 10.3 Å². The van der Waals surface area contributed by atoms with Gasteiger partial charge < -0.3 is 19.5 Å². The number of hydrogen-bond acceptors (Lipinski definition) is 4. The number of benzene rings is 1. The molecule has 1 aliphatic heterocycles. The van der Waals surface area contributed by atoms with Crippen LogP contribution in [0.1, 0.15) is 45.6 Å². The van der Waals surface area contributed by atoms with Crippen LogP contribution in [0.2, 0.25) is 0 Å². The van der Waals surface area contributed by atoms with Gasteiger partial charge in [-0.3, -0.25) is 0 Å². The molecule has 1 heterocycles. The van der Waals surface area contributed by atoms with Crippen LogP contribution in [0.25, 0.3) is 0 Å². The Morgan fingerprint density at radius 3 is 2.65 bits per heavy atom. The lowest BCUT2D eigenvalue weighted by Crippen LogP contribution is -2.38. The molecule has 5 heteroatoms. The van der Waals surface area contributed by atoms with Gasteiger partial charge in [-0.15, -0.1) is 0 Å². The highest BCUT2D eigenvalue weighted by Gasteiger charge is 2.34. The summed E-state index contributed by atoms with van der Waals surface area (Å²) < 4.78 is 10.7. The SMILES string of the molecule is COc1cccc(C2(O)CCCN(C(=O)OC(C)(C)C)CC2)c1. The Morgan fingerprint density at radius 1 is 1.26 bits per heavy atom. The fraction of sp³-hybridized carbons (Fsp3) is 0.611. The lowest BCUT2D eigenvalue weighted by atomic mass is 9.87. The summed E-state index contributed by atoms with van der Waals surface area (Å²) in [5.74, 6) is 0.726. The van der Waals surface area contributed by atoms with Crippen LogP contribution in [0.4, 0.5) is 4.79 Å². The number of methoxy groups -OCH3 is 1. The Kier molecular flexibility index (Phi) is 5.19. The Bertz CT molecular complexity index is 552. The Labute approximate surface area is 138 Å². The molecule has 1 fully saturated rings. The maximum absolute atomic E-state index is 12.2. The average Bonchev–Trinajstić information content (AvgIpc) is 2.69. The molecule has 0 spiro atoms. The molecule has 0 radical (unpaired) electrons. The highest BCUT2D eigenvalue weighted by molar-refractivity contribution is 5.68. The minimum absolute atomic E-state index is 0.313. The molecule has 1 saturated heterocycles. The fourth-order valence-electron chi connectivity index (χ4n) is 2.83. The van der Waals surface area contributed by atoms with Gasteiger partial charge in [-0.2, -0.15) is 0 Å². The van der Waals surface area contributed by atoms with E-state index in [0.29, 0.717) is 25.9 Å². The zero-order valence-corrected chi connectivity index (χ0v) is 14.5. The first-order valence-corrected chi connectivity index (χ1v) is 8.08. The van der Waals surface area contributed by atoms with Crippen LogP contribution in [-0.4, -0.2) is 41.9 Å². The second-order valence-electron chi connectivity index (χ2n) is 7.08. The molecule has 0 bridgehead atoms. The number of hydrogen-bond donors (Lipinski definition) is 1. The van der Waals surface area contributed by atoms with Crippen molar-refractivity contribution in [3.63, 3.8) is 0 Å². The predicted molar refractivity (Wildman–Crippen MR) is 88.5 cm³/mol. The monoisotopic (exact) mass is 321 g/mol. The molecule has 23 heavy (non-hydrogen) atoms. The summed E-state index contributed by atoms with van der Waals surface area (Å²) in [6.45, 7) is 6.64. The van der Waals surface area contributed by atoms with E-state index in [1.165, 1.54) is 0 Å². The Balaban J connectivity index is 2.09. The standard InChI is InChI=1S/C18H27NO4/c1-17(2,3)23-16(20)19-11-6-9-18(21,10-12-19)14-7-5-8-15(13-14)22-4/h5,7-8,13,21H,6,9-12H2,1-4H3. The first kappa shape index (κ1) is 17.6. The number of aliphatic hydroxyl groups is 1. The zero-order valence-electron chi connectivity index (χ0n) is 14.5. The van der Waals surface area contributed by atoms with Gasteiger partial charge in [0.25, 0.3) is 0 Å². The van der Waals surface area contributed by atoms with E-state index in [1.54, 1.807) is 12.0 Å². The molecule has 1 amide bonds. The second kappa shape index (κ2) is 6.79. The van der Waals surface area contributed by atoms with E-state index >= 15 is 0 Å². The number of carbonyl (C=O) groups excluding carboxylic acids is 1. The van der Waals surface area contributed by atoms with Crippen molar-refractivity contribution >= 4 is 6.09 Å². The van der Waals surface area contributed by atoms with E-state index in [-0.39, 0.29) is 6.09 Å². The molecule has 1 N–H and O–H groups in total. The molecular formula is C18H27NO4. The van der Waals surface area contributed by atoms with Crippen molar-refractivity contribution in [2.75, 3.05) is 20.2 Å². The van der Waals surface area contributed by atoms with Crippen LogP contribution >= 0.6 is 0 Å². The van der Waals surface area contributed by atoms with E-state index in [4.69, 9.17) is 9.47 Å². The van der Waals surface area contributed by atoms with Crippen LogP contribution < -0.4 is 4.74 Å². The molecule has 1 aliphatic rings. The van der Waals surface area contributed by atoms with Gasteiger partial charge in [-0.1, -0.05) is 12.1 Å². The molecule has 0 aromatic heterocycles. The van der Waals surface area contributed by atoms with Crippen LogP contribution in [0.5, 0.6) is 5.75 Å². The highest BCUT2D eigenvalue weighted by Crippen LogP contribution is 2.34. The van der Waals surface area contributed by atoms with Crippen molar-refractivity contribution in [3.8, 4) is 5.75 Å². The van der Waals surface area contributed by atoms with Gasteiger partial charge in [0.05, 0.1) is 12.7 Å². The number of likely N-dealkylation sites (tertiary alicyclic amines) is 1. The van der Waals surface area contributed by atoms with Gasteiger partial charge in [0, 0.05) is 13.1 Å². The summed E-state index contributed by atoms with van der Waals surface area (Å²) in [6.07, 6.45) is 1.51. The maximum atomic E-state index is 12.2. The van der Waals surface area contributed by atoms with Crippen molar-refractivity contribution in [2.24, 2.45) is 0 Å². The zero-order chi connectivity index (χ0) is 17.1. The maximum Gasteiger partial charge on any atom is 0.410 e. The number of ether oxygens (including phenoxy) is 2. The smallest absolute Gasteiger partial charge is 0.410 e. The third-order valence-electron chi connectivity index (χ3n) is 4.07. The highest BCUT2D eigenvalue weighted by atomic mass is 16.6. The number of nitrogens with zero attached hydrogens (tertiary/aromatic N) is 1. The van der Waals surface area contributed by atoms with Crippen molar-refractivity contribution in [2.45, 2.75) is 51.2 Å². The van der Waals surface area contributed by atoms with Gasteiger partial charge in [0.1, 0.15) is 11.4 Å². The van der Waals surface area contributed by atoms with E-state index in [2.05, 4.69) is 0 Å². The van der Waals surface area contributed by atoms with Crippen molar-refractivity contribution in [1.29, 1.82) is 0 Å². The summed E-state index contributed by atoms with van der Waals surface area (Å²) >= 11 is 0. The molecule has 0 saturated carbocycles. The Morgan fingerprint density at radius 2 is 2.00 bits per heavy atom. The van der Waals surface area contributed by atoms with E-state index < -0.39 is 11.2 Å². The summed E-state index contributed by atoms with van der Waals surface area (Å²) in [5, 5.41) is 11.0. The summed E-state index contributed by atoms with van der Waals surface area (Å²) in [4.78, 5) is 13.9. The third-order valence-corrected chi connectivity index (χ3v) is 4.07. The topological polar surface area (TPSA) is 59.0 Å². The third kappa shape index (κ3) is 4.61.